The van der Waals surface area contributed by atoms with Crippen molar-refractivity contribution in [1.29, 1.82) is 0 Å². The highest BCUT2D eigenvalue weighted by Crippen LogP contribution is 2.64. The maximum atomic E-state index is 13.2. The Morgan fingerprint density at radius 3 is 2.50 bits per heavy atom. The van der Waals surface area contributed by atoms with Crippen molar-refractivity contribution in [2.45, 2.75) is 50.9 Å². The number of nitrogens with two attached hydrogens (primary N) is 1. The van der Waals surface area contributed by atoms with E-state index in [9.17, 15) is 13.2 Å². The van der Waals surface area contributed by atoms with Crippen LogP contribution < -0.4 is 5.73 Å². The Hall–Kier alpha value is -2.13. The highest BCUT2D eigenvalue weighted by atomic mass is 19.4. The molecule has 6 nitrogen and oxygen atoms in total. The van der Waals surface area contributed by atoms with E-state index in [0.717, 1.165) is 24.6 Å². The van der Waals surface area contributed by atoms with E-state index in [1.165, 1.54) is 6.20 Å². The van der Waals surface area contributed by atoms with Gasteiger partial charge in [-0.1, -0.05) is 0 Å². The van der Waals surface area contributed by atoms with Crippen LogP contribution in [0.15, 0.2) is 18.3 Å². The number of halogens is 3. The molecule has 30 heavy (non-hydrogen) atoms. The van der Waals surface area contributed by atoms with E-state index in [1.807, 2.05) is 24.6 Å². The van der Waals surface area contributed by atoms with E-state index in [1.54, 1.807) is 7.11 Å². The van der Waals surface area contributed by atoms with Crippen LogP contribution in [0.2, 0.25) is 0 Å². The molecule has 2 atom stereocenters. The predicted molar refractivity (Wildman–Crippen MR) is 106 cm³/mol. The second kappa shape index (κ2) is 7.85. The largest absolute Gasteiger partial charge is 0.419 e. The second-order valence-corrected chi connectivity index (χ2v) is 8.46. The number of hydrogen-bond donors (Lipinski definition) is 1. The van der Waals surface area contributed by atoms with Crippen LogP contribution in [0.25, 0.3) is 11.3 Å². The number of fused-ring (bicyclic) bond motifs is 1. The van der Waals surface area contributed by atoms with Gasteiger partial charge < -0.3 is 15.2 Å². The van der Waals surface area contributed by atoms with Gasteiger partial charge in [0.05, 0.1) is 30.6 Å². The van der Waals surface area contributed by atoms with Gasteiger partial charge in [0, 0.05) is 36.5 Å². The zero-order valence-corrected chi connectivity index (χ0v) is 17.3. The van der Waals surface area contributed by atoms with Crippen LogP contribution in [0, 0.1) is 11.8 Å². The Labute approximate surface area is 173 Å². The third-order valence-electron chi connectivity index (χ3n) is 6.16. The van der Waals surface area contributed by atoms with Gasteiger partial charge in [0.15, 0.2) is 0 Å². The lowest BCUT2D eigenvalue weighted by atomic mass is 10.0. The van der Waals surface area contributed by atoms with Crippen molar-refractivity contribution in [2.75, 3.05) is 26.1 Å². The normalized spacial score (nSPS) is 25.7. The van der Waals surface area contributed by atoms with Gasteiger partial charge in [-0.3, -0.25) is 4.68 Å². The molecule has 2 aliphatic carbocycles. The molecule has 164 valence electrons. The molecule has 4 rings (SSSR count). The summed E-state index contributed by atoms with van der Waals surface area (Å²) in [5, 5.41) is 4.62. The summed E-state index contributed by atoms with van der Waals surface area (Å²) in [4.78, 5) is 3.75. The molecular formula is C21H27F3N4O2. The quantitative estimate of drug-likeness (QED) is 0.672. The highest BCUT2D eigenvalue weighted by molar-refractivity contribution is 5.63. The number of nitrogen functional groups attached to an aromatic ring is 1. The summed E-state index contributed by atoms with van der Waals surface area (Å²) in [6.45, 7) is 5.24. The minimum absolute atomic E-state index is 0.104. The number of anilines is 1. The summed E-state index contributed by atoms with van der Waals surface area (Å²) < 4.78 is 52.5. The summed E-state index contributed by atoms with van der Waals surface area (Å²) in [5.41, 5.74) is 6.40. The molecular weight excluding hydrogens is 397 g/mol. The highest BCUT2D eigenvalue weighted by Gasteiger charge is 2.58. The number of hydrogen-bond acceptors (Lipinski definition) is 5. The van der Waals surface area contributed by atoms with Gasteiger partial charge in [0.2, 0.25) is 0 Å². The molecule has 0 aromatic carbocycles. The Morgan fingerprint density at radius 2 is 1.90 bits per heavy atom. The van der Waals surface area contributed by atoms with E-state index in [-0.39, 0.29) is 12.1 Å². The molecule has 0 spiro atoms. The number of ether oxygens (including phenoxy) is 2. The van der Waals surface area contributed by atoms with Gasteiger partial charge in [-0.2, -0.15) is 18.3 Å². The fraction of sp³-hybridized carbons (Fsp3) is 0.619. The van der Waals surface area contributed by atoms with Crippen molar-refractivity contribution in [3.8, 4) is 11.3 Å². The Kier molecular flexibility index (Phi) is 5.52. The number of aromatic nitrogens is 3. The lowest BCUT2D eigenvalue weighted by Gasteiger charge is -2.17. The predicted octanol–water partition coefficient (Wildman–Crippen LogP) is 4.28. The molecule has 2 fully saturated rings. The van der Waals surface area contributed by atoms with Gasteiger partial charge in [-0.25, -0.2) is 4.98 Å². The standard InChI is InChI=1S/C21H27F3N4O2/c1-11(2)28-18(19-14-7-13(8-15(14)19)30-5-4-29-3)9-17(27-28)12-6-16(21(22,23)24)20(25)26-10-12/h6,9-11,13-15,19H,4-5,7-8H2,1-3H3,(H2,25,26). The lowest BCUT2D eigenvalue weighted by Crippen LogP contribution is -2.16. The minimum Gasteiger partial charge on any atom is -0.383 e. The fourth-order valence-corrected chi connectivity index (χ4v) is 4.72. The molecule has 0 saturated heterocycles. The van der Waals surface area contributed by atoms with Gasteiger partial charge in [0.25, 0.3) is 0 Å². The van der Waals surface area contributed by atoms with Gasteiger partial charge in [-0.15, -0.1) is 0 Å². The number of nitrogens with zero attached hydrogens (tertiary/aromatic N) is 3. The molecule has 9 heteroatoms. The van der Waals surface area contributed by atoms with Crippen molar-refractivity contribution in [3.63, 3.8) is 0 Å². The molecule has 2 heterocycles. The first-order valence-electron chi connectivity index (χ1n) is 10.2. The molecule has 2 unspecified atom stereocenters. The van der Waals surface area contributed by atoms with E-state index in [0.29, 0.717) is 42.2 Å². The third-order valence-corrected chi connectivity index (χ3v) is 6.16. The van der Waals surface area contributed by atoms with Crippen molar-refractivity contribution < 1.29 is 22.6 Å². The first kappa shape index (κ1) is 21.1. The van der Waals surface area contributed by atoms with Crippen molar-refractivity contribution in [2.24, 2.45) is 11.8 Å². The Bertz CT molecular complexity index is 900. The Morgan fingerprint density at radius 1 is 1.20 bits per heavy atom. The molecule has 2 saturated carbocycles. The monoisotopic (exact) mass is 424 g/mol. The van der Waals surface area contributed by atoms with Crippen molar-refractivity contribution in [1.82, 2.24) is 14.8 Å². The van der Waals surface area contributed by atoms with Crippen LogP contribution in [0.4, 0.5) is 19.0 Å². The Balaban J connectivity index is 1.55. The van der Waals surface area contributed by atoms with E-state index in [2.05, 4.69) is 10.1 Å². The molecule has 0 bridgehead atoms. The first-order chi connectivity index (χ1) is 14.2. The molecule has 0 amide bonds. The summed E-state index contributed by atoms with van der Waals surface area (Å²) in [6, 6.07) is 3.05. The second-order valence-electron chi connectivity index (χ2n) is 8.46. The summed E-state index contributed by atoms with van der Waals surface area (Å²) >= 11 is 0. The van der Waals surface area contributed by atoms with Crippen LogP contribution in [0.5, 0.6) is 0 Å². The minimum atomic E-state index is -4.55. The van der Waals surface area contributed by atoms with Crippen LogP contribution in [0.1, 0.15) is 49.9 Å². The average molecular weight is 424 g/mol. The zero-order chi connectivity index (χ0) is 21.6. The summed E-state index contributed by atoms with van der Waals surface area (Å²) in [5.74, 6) is 0.926. The average Bonchev–Trinajstić information content (AvgIpc) is 3.04. The number of alkyl halides is 3. The summed E-state index contributed by atoms with van der Waals surface area (Å²) in [7, 11) is 1.66. The maximum absolute atomic E-state index is 13.2. The molecule has 2 aliphatic rings. The van der Waals surface area contributed by atoms with E-state index in [4.69, 9.17) is 15.2 Å². The van der Waals surface area contributed by atoms with Crippen LogP contribution >= 0.6 is 0 Å². The van der Waals surface area contributed by atoms with Crippen molar-refractivity contribution >= 4 is 5.82 Å². The third kappa shape index (κ3) is 3.92. The smallest absolute Gasteiger partial charge is 0.383 e. The first-order valence-corrected chi connectivity index (χ1v) is 10.2. The molecule has 2 aromatic heterocycles. The van der Waals surface area contributed by atoms with E-state index < -0.39 is 17.6 Å². The number of methoxy groups -OCH3 is 1. The van der Waals surface area contributed by atoms with Gasteiger partial charge in [-0.05, 0) is 50.7 Å². The van der Waals surface area contributed by atoms with E-state index >= 15 is 0 Å². The number of rotatable bonds is 7. The van der Waals surface area contributed by atoms with Crippen molar-refractivity contribution in [3.05, 3.63) is 29.6 Å². The number of pyridine rings is 1. The molecule has 2 aromatic rings. The maximum Gasteiger partial charge on any atom is 0.419 e. The summed E-state index contributed by atoms with van der Waals surface area (Å²) in [6.07, 6.45) is -0.938. The zero-order valence-electron chi connectivity index (χ0n) is 17.3. The SMILES string of the molecule is COCCOC1CC2C(C1)C2c1cc(-c2cnc(N)c(C(F)(F)F)c2)nn1C(C)C. The topological polar surface area (TPSA) is 75.2 Å². The lowest BCUT2D eigenvalue weighted by molar-refractivity contribution is -0.137. The van der Waals surface area contributed by atoms with Gasteiger partial charge >= 0.3 is 6.18 Å². The molecule has 0 radical (unpaired) electrons. The van der Waals surface area contributed by atoms with Gasteiger partial charge in [0.1, 0.15) is 5.82 Å². The van der Waals surface area contributed by atoms with Crippen LogP contribution in [0.3, 0.4) is 0 Å². The van der Waals surface area contributed by atoms with Crippen LogP contribution in [-0.4, -0.2) is 41.2 Å². The fourth-order valence-electron chi connectivity index (χ4n) is 4.72. The molecule has 2 N–H and O–H groups in total. The molecule has 0 aliphatic heterocycles. The van der Waals surface area contributed by atoms with Crippen LogP contribution in [-0.2, 0) is 15.7 Å².